The van der Waals surface area contributed by atoms with Crippen LogP contribution in [0.1, 0.15) is 27.4 Å². The van der Waals surface area contributed by atoms with Crippen molar-refractivity contribution in [2.24, 2.45) is 13.0 Å². The number of carbonyl (C=O) groups is 1. The third-order valence-electron chi connectivity index (χ3n) is 4.77. The fraction of sp³-hybridized carbons (Fsp3) is 0.474. The molecule has 1 aliphatic rings. The van der Waals surface area contributed by atoms with Gasteiger partial charge in [0.05, 0.1) is 13.2 Å². The molecule has 0 N–H and O–H groups in total. The summed E-state index contributed by atoms with van der Waals surface area (Å²) < 4.78 is 7.18. The average Bonchev–Trinajstić information content (AvgIpc) is 2.85. The van der Waals surface area contributed by atoms with E-state index in [1.165, 1.54) is 4.57 Å². The minimum Gasteiger partial charge on any atom is -0.379 e. The summed E-state index contributed by atoms with van der Waals surface area (Å²) in [6.45, 7) is 5.83. The summed E-state index contributed by atoms with van der Waals surface area (Å²) in [5, 5.41) is 0. The molecular weight excluding hydrogens is 332 g/mol. The molecule has 0 aliphatic carbocycles. The van der Waals surface area contributed by atoms with Crippen LogP contribution in [0.25, 0.3) is 0 Å². The first kappa shape index (κ1) is 18.3. The van der Waals surface area contributed by atoms with E-state index in [1.807, 2.05) is 19.9 Å². The number of rotatable bonds is 3. The van der Waals surface area contributed by atoms with Crippen LogP contribution in [0.5, 0.6) is 0 Å². The molecule has 7 heteroatoms. The van der Waals surface area contributed by atoms with Crippen LogP contribution >= 0.6 is 0 Å². The Labute approximate surface area is 152 Å². The number of pyridine rings is 1. The highest BCUT2D eigenvalue weighted by Gasteiger charge is 2.26. The zero-order valence-corrected chi connectivity index (χ0v) is 15.4. The van der Waals surface area contributed by atoms with Crippen molar-refractivity contribution in [3.63, 3.8) is 0 Å². The van der Waals surface area contributed by atoms with Gasteiger partial charge in [-0.05, 0) is 38.5 Å². The third kappa shape index (κ3) is 3.99. The van der Waals surface area contributed by atoms with Crippen molar-refractivity contribution in [3.05, 3.63) is 57.5 Å². The molecule has 0 radical (unpaired) electrons. The van der Waals surface area contributed by atoms with Crippen LogP contribution in [0.4, 0.5) is 0 Å². The minimum atomic E-state index is -0.261. The van der Waals surface area contributed by atoms with E-state index in [-0.39, 0.29) is 22.9 Å². The smallest absolute Gasteiger partial charge is 0.263 e. The van der Waals surface area contributed by atoms with Crippen molar-refractivity contribution in [1.82, 2.24) is 19.4 Å². The molecule has 2 aromatic rings. The summed E-state index contributed by atoms with van der Waals surface area (Å²) in [4.78, 5) is 35.5. The summed E-state index contributed by atoms with van der Waals surface area (Å²) in [6, 6.07) is 5.37. The number of aryl methyl sites for hydroxylation is 2. The third-order valence-corrected chi connectivity index (χ3v) is 4.77. The van der Waals surface area contributed by atoms with Gasteiger partial charge in [-0.15, -0.1) is 0 Å². The molecule has 26 heavy (non-hydrogen) atoms. The van der Waals surface area contributed by atoms with Crippen LogP contribution in [0.3, 0.4) is 0 Å². The number of amides is 1. The molecule has 3 heterocycles. The Morgan fingerprint density at radius 3 is 2.88 bits per heavy atom. The van der Waals surface area contributed by atoms with Crippen molar-refractivity contribution in [2.45, 2.75) is 20.3 Å². The first-order valence-corrected chi connectivity index (χ1v) is 8.77. The Hall–Kier alpha value is -2.54. The molecule has 1 unspecified atom stereocenters. The number of hydrogen-bond donors (Lipinski definition) is 0. The molecule has 0 aromatic carbocycles. The standard InChI is InChI=1S/C19H24N4O3/c1-13-8-16(21-12-20-13)9-15-10-23(6-7-26-11-15)19(25)17-5-4-14(2)22(3)18(17)24/h4-5,8,12,15H,6-7,9-11H2,1-3H3. The summed E-state index contributed by atoms with van der Waals surface area (Å²) >= 11 is 0. The second-order valence-corrected chi connectivity index (χ2v) is 6.80. The van der Waals surface area contributed by atoms with E-state index in [2.05, 4.69) is 9.97 Å². The molecule has 3 rings (SSSR count). The van der Waals surface area contributed by atoms with Gasteiger partial charge in [0, 0.05) is 43.1 Å². The fourth-order valence-electron chi connectivity index (χ4n) is 3.17. The molecule has 138 valence electrons. The molecule has 1 amide bonds. The van der Waals surface area contributed by atoms with Gasteiger partial charge in [0.25, 0.3) is 11.5 Å². The lowest BCUT2D eigenvalue weighted by molar-refractivity contribution is 0.0735. The zero-order chi connectivity index (χ0) is 18.7. The van der Waals surface area contributed by atoms with Crippen molar-refractivity contribution in [3.8, 4) is 0 Å². The zero-order valence-electron chi connectivity index (χ0n) is 15.4. The van der Waals surface area contributed by atoms with E-state index >= 15 is 0 Å². The number of hydrogen-bond acceptors (Lipinski definition) is 5. The van der Waals surface area contributed by atoms with E-state index in [0.29, 0.717) is 32.7 Å². The van der Waals surface area contributed by atoms with E-state index in [1.54, 1.807) is 30.4 Å². The molecule has 1 fully saturated rings. The highest BCUT2D eigenvalue weighted by Crippen LogP contribution is 2.15. The van der Waals surface area contributed by atoms with Crippen molar-refractivity contribution >= 4 is 5.91 Å². The predicted octanol–water partition coefficient (Wildman–Crippen LogP) is 1.12. The SMILES string of the molecule is Cc1cc(CC2COCCN(C(=O)c3ccc(C)n(C)c3=O)C2)ncn1. The normalized spacial score (nSPS) is 17.8. The highest BCUT2D eigenvalue weighted by atomic mass is 16.5. The Balaban J connectivity index is 1.78. The van der Waals surface area contributed by atoms with Gasteiger partial charge < -0.3 is 14.2 Å². The number of carbonyl (C=O) groups excluding carboxylic acids is 1. The maximum absolute atomic E-state index is 12.9. The maximum Gasteiger partial charge on any atom is 0.263 e. The van der Waals surface area contributed by atoms with Crippen molar-refractivity contribution in [2.75, 3.05) is 26.3 Å². The summed E-state index contributed by atoms with van der Waals surface area (Å²) in [6.07, 6.45) is 2.26. The van der Waals surface area contributed by atoms with Crippen molar-refractivity contribution in [1.29, 1.82) is 0 Å². The molecule has 0 bridgehead atoms. The van der Waals surface area contributed by atoms with Gasteiger partial charge in [-0.1, -0.05) is 0 Å². The topological polar surface area (TPSA) is 77.3 Å². The van der Waals surface area contributed by atoms with Crippen LogP contribution in [0.2, 0.25) is 0 Å². The lowest BCUT2D eigenvalue weighted by atomic mass is 10.0. The summed E-state index contributed by atoms with van der Waals surface area (Å²) in [5.74, 6) is -0.106. The molecule has 0 saturated carbocycles. The first-order chi connectivity index (χ1) is 12.5. The van der Waals surface area contributed by atoms with E-state index < -0.39 is 0 Å². The molecule has 1 saturated heterocycles. The van der Waals surface area contributed by atoms with Gasteiger partial charge in [-0.3, -0.25) is 9.59 Å². The quantitative estimate of drug-likeness (QED) is 0.824. The van der Waals surface area contributed by atoms with Crippen molar-refractivity contribution < 1.29 is 9.53 Å². The average molecular weight is 356 g/mol. The Kier molecular flexibility index (Phi) is 5.46. The van der Waals surface area contributed by atoms with Crippen LogP contribution < -0.4 is 5.56 Å². The van der Waals surface area contributed by atoms with Crippen LogP contribution in [-0.4, -0.2) is 51.6 Å². The van der Waals surface area contributed by atoms with Gasteiger partial charge in [0.15, 0.2) is 0 Å². The van der Waals surface area contributed by atoms with Gasteiger partial charge in [0.1, 0.15) is 11.9 Å². The minimum absolute atomic E-state index is 0.130. The van der Waals surface area contributed by atoms with E-state index in [0.717, 1.165) is 17.1 Å². The molecule has 7 nitrogen and oxygen atoms in total. The van der Waals surface area contributed by atoms with E-state index in [9.17, 15) is 9.59 Å². The Bertz CT molecular complexity index is 862. The second-order valence-electron chi connectivity index (χ2n) is 6.80. The fourth-order valence-corrected chi connectivity index (χ4v) is 3.17. The van der Waals surface area contributed by atoms with Gasteiger partial charge in [0.2, 0.25) is 0 Å². The maximum atomic E-state index is 12.9. The number of aromatic nitrogens is 3. The lowest BCUT2D eigenvalue weighted by Crippen LogP contribution is -2.40. The lowest BCUT2D eigenvalue weighted by Gasteiger charge is -2.23. The van der Waals surface area contributed by atoms with Crippen LogP contribution in [0, 0.1) is 19.8 Å². The highest BCUT2D eigenvalue weighted by molar-refractivity contribution is 5.93. The monoisotopic (exact) mass is 356 g/mol. The predicted molar refractivity (Wildman–Crippen MR) is 97.1 cm³/mol. The number of nitrogens with zero attached hydrogens (tertiary/aromatic N) is 4. The van der Waals surface area contributed by atoms with Gasteiger partial charge >= 0.3 is 0 Å². The van der Waals surface area contributed by atoms with Gasteiger partial charge in [-0.2, -0.15) is 0 Å². The van der Waals surface area contributed by atoms with Gasteiger partial charge in [-0.25, -0.2) is 9.97 Å². The Morgan fingerprint density at radius 2 is 2.12 bits per heavy atom. The van der Waals surface area contributed by atoms with Crippen LogP contribution in [0.15, 0.2) is 29.3 Å². The molecule has 1 atom stereocenters. The molecule has 0 spiro atoms. The molecule has 2 aromatic heterocycles. The van der Waals surface area contributed by atoms with Crippen LogP contribution in [-0.2, 0) is 18.2 Å². The number of ether oxygens (including phenoxy) is 1. The summed E-state index contributed by atoms with van der Waals surface area (Å²) in [5.41, 5.74) is 2.62. The first-order valence-electron chi connectivity index (χ1n) is 8.77. The van der Waals surface area contributed by atoms with E-state index in [4.69, 9.17) is 4.74 Å². The summed E-state index contributed by atoms with van der Waals surface area (Å²) in [7, 11) is 1.68. The largest absolute Gasteiger partial charge is 0.379 e. The Morgan fingerprint density at radius 1 is 1.31 bits per heavy atom. The molecular formula is C19H24N4O3. The molecule has 1 aliphatic heterocycles. The second kappa shape index (κ2) is 7.78.